The summed E-state index contributed by atoms with van der Waals surface area (Å²) in [6, 6.07) is 4.85. The summed E-state index contributed by atoms with van der Waals surface area (Å²) >= 11 is 0. The van der Waals surface area contributed by atoms with E-state index in [4.69, 9.17) is 9.47 Å². The summed E-state index contributed by atoms with van der Waals surface area (Å²) in [5, 5.41) is 7.13. The molecule has 0 amide bonds. The van der Waals surface area contributed by atoms with Crippen LogP contribution in [0.1, 0.15) is 30.4 Å². The second-order valence-electron chi connectivity index (χ2n) is 7.04. The maximum Gasteiger partial charge on any atom is 0.122 e. The Morgan fingerprint density at radius 3 is 2.87 bits per heavy atom. The van der Waals surface area contributed by atoms with E-state index in [1.807, 2.05) is 0 Å². The normalized spacial score (nSPS) is 25.5. The molecule has 0 aromatic heterocycles. The third kappa shape index (κ3) is 3.47. The molecule has 5 heteroatoms. The van der Waals surface area contributed by atoms with Crippen LogP contribution < -0.4 is 15.4 Å². The van der Waals surface area contributed by atoms with Crippen LogP contribution in [0.2, 0.25) is 0 Å². The van der Waals surface area contributed by atoms with Crippen LogP contribution >= 0.6 is 0 Å². The van der Waals surface area contributed by atoms with Crippen molar-refractivity contribution >= 4 is 5.69 Å². The number of nitrogens with one attached hydrogen (secondary N) is 2. The van der Waals surface area contributed by atoms with Gasteiger partial charge in [0, 0.05) is 44.5 Å². The molecular formula is C18H27N3O2. The lowest BCUT2D eigenvalue weighted by Gasteiger charge is -2.29. The largest absolute Gasteiger partial charge is 0.490 e. The lowest BCUT2D eigenvalue weighted by Crippen LogP contribution is -2.35. The van der Waals surface area contributed by atoms with Gasteiger partial charge >= 0.3 is 0 Å². The zero-order chi connectivity index (χ0) is 15.6. The van der Waals surface area contributed by atoms with Crippen LogP contribution in [0.25, 0.3) is 0 Å². The van der Waals surface area contributed by atoms with Crippen LogP contribution in [-0.2, 0) is 17.8 Å². The summed E-state index contributed by atoms with van der Waals surface area (Å²) in [4.78, 5) is 2.37. The molecule has 3 aliphatic heterocycles. The fourth-order valence-electron chi connectivity index (χ4n) is 3.75. The van der Waals surface area contributed by atoms with Crippen molar-refractivity contribution in [1.29, 1.82) is 0 Å². The number of ether oxygens (including phenoxy) is 2. The minimum Gasteiger partial charge on any atom is -0.490 e. The van der Waals surface area contributed by atoms with E-state index in [-0.39, 0.29) is 0 Å². The Hall–Kier alpha value is -1.30. The molecule has 23 heavy (non-hydrogen) atoms. The minimum absolute atomic E-state index is 0.348. The number of hydrogen-bond acceptors (Lipinski definition) is 5. The van der Waals surface area contributed by atoms with Crippen molar-refractivity contribution in [3.8, 4) is 5.75 Å². The fraction of sp³-hybridized carbons (Fsp3) is 0.667. The predicted octanol–water partition coefficient (Wildman–Crippen LogP) is 1.96. The number of fused-ring (bicyclic) bond motifs is 1. The summed E-state index contributed by atoms with van der Waals surface area (Å²) in [6.45, 7) is 5.81. The Morgan fingerprint density at radius 2 is 2.09 bits per heavy atom. The van der Waals surface area contributed by atoms with E-state index in [1.54, 1.807) is 0 Å². The zero-order valence-electron chi connectivity index (χ0n) is 13.9. The molecular weight excluding hydrogens is 290 g/mol. The Bertz CT molecular complexity index is 549. The zero-order valence-corrected chi connectivity index (χ0v) is 13.9. The highest BCUT2D eigenvalue weighted by atomic mass is 16.5. The van der Waals surface area contributed by atoms with E-state index in [0.29, 0.717) is 12.1 Å². The first-order valence-corrected chi connectivity index (χ1v) is 8.84. The quantitative estimate of drug-likeness (QED) is 0.889. The van der Waals surface area contributed by atoms with E-state index < -0.39 is 0 Å². The van der Waals surface area contributed by atoms with Gasteiger partial charge in [0.25, 0.3) is 0 Å². The van der Waals surface area contributed by atoms with Gasteiger partial charge in [-0.2, -0.15) is 0 Å². The first kappa shape index (κ1) is 15.2. The van der Waals surface area contributed by atoms with Crippen LogP contribution in [0, 0.1) is 0 Å². The van der Waals surface area contributed by atoms with Crippen molar-refractivity contribution in [3.63, 3.8) is 0 Å². The third-order valence-corrected chi connectivity index (χ3v) is 5.19. The average Bonchev–Trinajstić information content (AvgIpc) is 3.21. The second-order valence-corrected chi connectivity index (χ2v) is 7.04. The highest BCUT2D eigenvalue weighted by Gasteiger charge is 2.23. The second kappa shape index (κ2) is 6.67. The highest BCUT2D eigenvalue weighted by molar-refractivity contribution is 5.60. The van der Waals surface area contributed by atoms with Crippen molar-refractivity contribution in [2.75, 3.05) is 38.7 Å². The van der Waals surface area contributed by atoms with Crippen molar-refractivity contribution in [2.24, 2.45) is 0 Å². The smallest absolute Gasteiger partial charge is 0.122 e. The van der Waals surface area contributed by atoms with Gasteiger partial charge in [0.2, 0.25) is 0 Å². The molecule has 1 atom stereocenters. The summed E-state index contributed by atoms with van der Waals surface area (Å²) < 4.78 is 11.8. The van der Waals surface area contributed by atoms with Crippen LogP contribution in [-0.4, -0.2) is 50.4 Å². The number of piperidine rings is 1. The minimum atomic E-state index is 0.348. The number of likely N-dealkylation sites (tertiary alicyclic amines) is 1. The van der Waals surface area contributed by atoms with Crippen LogP contribution in [0.4, 0.5) is 5.69 Å². The van der Waals surface area contributed by atoms with E-state index >= 15 is 0 Å². The molecule has 3 heterocycles. The van der Waals surface area contributed by atoms with Gasteiger partial charge in [-0.3, -0.25) is 0 Å². The van der Waals surface area contributed by atoms with Gasteiger partial charge in [0.1, 0.15) is 11.9 Å². The molecule has 0 aliphatic carbocycles. The maximum atomic E-state index is 6.31. The first-order valence-electron chi connectivity index (χ1n) is 8.84. The van der Waals surface area contributed by atoms with Crippen molar-refractivity contribution in [3.05, 3.63) is 23.3 Å². The molecule has 3 aliphatic rings. The Balaban J connectivity index is 1.50. The molecule has 0 spiro atoms. The van der Waals surface area contributed by atoms with Crippen molar-refractivity contribution in [1.82, 2.24) is 10.2 Å². The summed E-state index contributed by atoms with van der Waals surface area (Å²) in [5.41, 5.74) is 4.00. The van der Waals surface area contributed by atoms with Gasteiger partial charge in [0.15, 0.2) is 0 Å². The van der Waals surface area contributed by atoms with Crippen molar-refractivity contribution < 1.29 is 9.47 Å². The standard InChI is InChI=1S/C18H27N3O2/c1-21-5-2-15(3-6-21)23-16-8-13-10-19-11-17(13)18(9-16)20-14-4-7-22-12-14/h8-9,14-15,19-20H,2-7,10-12H2,1H3/t14-/m1/s1. The van der Waals surface area contributed by atoms with E-state index in [0.717, 1.165) is 64.4 Å². The molecule has 2 saturated heterocycles. The molecule has 2 N–H and O–H groups in total. The van der Waals surface area contributed by atoms with Crippen molar-refractivity contribution in [2.45, 2.75) is 44.5 Å². The molecule has 0 unspecified atom stereocenters. The van der Waals surface area contributed by atoms with Gasteiger partial charge in [-0.05, 0) is 43.5 Å². The Labute approximate surface area is 138 Å². The fourth-order valence-corrected chi connectivity index (χ4v) is 3.75. The van der Waals surface area contributed by atoms with Crippen LogP contribution in [0.5, 0.6) is 5.75 Å². The van der Waals surface area contributed by atoms with Gasteiger partial charge in [-0.25, -0.2) is 0 Å². The van der Waals surface area contributed by atoms with Gasteiger partial charge in [-0.15, -0.1) is 0 Å². The first-order chi connectivity index (χ1) is 11.3. The number of nitrogens with zero attached hydrogens (tertiary/aromatic N) is 1. The van der Waals surface area contributed by atoms with E-state index in [2.05, 4.69) is 34.7 Å². The third-order valence-electron chi connectivity index (χ3n) is 5.19. The predicted molar refractivity (Wildman–Crippen MR) is 91.0 cm³/mol. The van der Waals surface area contributed by atoms with Crippen LogP contribution in [0.15, 0.2) is 12.1 Å². The average molecular weight is 317 g/mol. The lowest BCUT2D eigenvalue weighted by molar-refractivity contribution is 0.114. The maximum absolute atomic E-state index is 6.31. The molecule has 0 saturated carbocycles. The molecule has 4 rings (SSSR count). The summed E-state index contributed by atoms with van der Waals surface area (Å²) in [5.74, 6) is 1.02. The molecule has 126 valence electrons. The molecule has 5 nitrogen and oxygen atoms in total. The van der Waals surface area contributed by atoms with Gasteiger partial charge in [0.05, 0.1) is 12.6 Å². The topological polar surface area (TPSA) is 45.8 Å². The Morgan fingerprint density at radius 1 is 1.22 bits per heavy atom. The molecule has 1 aromatic rings. The van der Waals surface area contributed by atoms with E-state index in [1.165, 1.54) is 16.8 Å². The number of benzene rings is 1. The monoisotopic (exact) mass is 317 g/mol. The molecule has 2 fully saturated rings. The van der Waals surface area contributed by atoms with E-state index in [9.17, 15) is 0 Å². The van der Waals surface area contributed by atoms with Gasteiger partial charge in [-0.1, -0.05) is 0 Å². The Kier molecular flexibility index (Phi) is 4.42. The summed E-state index contributed by atoms with van der Waals surface area (Å²) in [6.07, 6.45) is 3.67. The molecule has 0 radical (unpaired) electrons. The highest BCUT2D eigenvalue weighted by Crippen LogP contribution is 2.32. The summed E-state index contributed by atoms with van der Waals surface area (Å²) in [7, 11) is 2.18. The SMILES string of the molecule is CN1CCC(Oc2cc3c(c(N[C@@H]4CCOC4)c2)CNC3)CC1. The van der Waals surface area contributed by atoms with Gasteiger partial charge < -0.3 is 25.0 Å². The molecule has 0 bridgehead atoms. The lowest BCUT2D eigenvalue weighted by atomic mass is 10.1. The number of hydrogen-bond donors (Lipinski definition) is 2. The number of rotatable bonds is 4. The number of anilines is 1. The van der Waals surface area contributed by atoms with Crippen LogP contribution in [0.3, 0.4) is 0 Å². The molecule has 1 aromatic carbocycles.